The number of nitrogens with two attached hydrogens (primary N) is 1. The van der Waals surface area contributed by atoms with Crippen LogP contribution in [0.4, 0.5) is 0 Å². The molecule has 0 radical (unpaired) electrons. The van der Waals surface area contributed by atoms with Gasteiger partial charge in [0.05, 0.1) is 5.01 Å². The lowest BCUT2D eigenvalue weighted by Gasteiger charge is -2.12. The first-order valence-electron chi connectivity index (χ1n) is 3.84. The van der Waals surface area contributed by atoms with E-state index in [0.29, 0.717) is 5.92 Å². The molecule has 2 N–H and O–H groups in total. The van der Waals surface area contributed by atoms with Crippen molar-refractivity contribution in [1.29, 1.82) is 0 Å². The second-order valence-corrected chi connectivity index (χ2v) is 4.02. The Bertz CT molecular complexity index is 194. The molecule has 1 heterocycles. The second-order valence-electron chi connectivity index (χ2n) is 3.04. The lowest BCUT2D eigenvalue weighted by Crippen LogP contribution is -2.28. The SMILES string of the molecule is CC(C)C(N)Cc1nccs1. The quantitative estimate of drug-likeness (QED) is 0.749. The van der Waals surface area contributed by atoms with Gasteiger partial charge in [-0.1, -0.05) is 13.8 Å². The largest absolute Gasteiger partial charge is 0.327 e. The molecule has 0 saturated carbocycles. The highest BCUT2D eigenvalue weighted by molar-refractivity contribution is 7.09. The molecule has 1 rings (SSSR count). The Balaban J connectivity index is 2.43. The average Bonchev–Trinajstić information content (AvgIpc) is 2.39. The minimum atomic E-state index is 0.251. The maximum Gasteiger partial charge on any atom is 0.0940 e. The summed E-state index contributed by atoms with van der Waals surface area (Å²) in [5, 5.41) is 3.13. The third-order valence-electron chi connectivity index (χ3n) is 1.75. The fourth-order valence-corrected chi connectivity index (χ4v) is 1.48. The highest BCUT2D eigenvalue weighted by Crippen LogP contribution is 2.10. The fraction of sp³-hybridized carbons (Fsp3) is 0.625. The molecule has 0 spiro atoms. The van der Waals surface area contributed by atoms with E-state index in [2.05, 4.69) is 18.8 Å². The Kier molecular flexibility index (Phi) is 3.02. The Morgan fingerprint density at radius 1 is 1.64 bits per heavy atom. The van der Waals surface area contributed by atoms with Crippen molar-refractivity contribution in [3.8, 4) is 0 Å². The van der Waals surface area contributed by atoms with Gasteiger partial charge in [0.2, 0.25) is 0 Å². The van der Waals surface area contributed by atoms with Crippen LogP contribution in [0, 0.1) is 5.92 Å². The molecule has 0 saturated heterocycles. The number of thiazole rings is 1. The standard InChI is InChI=1S/C8H14N2S/c1-6(2)7(9)5-8-10-3-4-11-8/h3-4,6-7H,5,9H2,1-2H3. The molecular weight excluding hydrogens is 156 g/mol. The first-order chi connectivity index (χ1) is 5.20. The third kappa shape index (κ3) is 2.60. The zero-order valence-corrected chi connectivity index (χ0v) is 7.77. The highest BCUT2D eigenvalue weighted by Gasteiger charge is 2.09. The van der Waals surface area contributed by atoms with E-state index >= 15 is 0 Å². The van der Waals surface area contributed by atoms with Gasteiger partial charge in [0, 0.05) is 24.0 Å². The van der Waals surface area contributed by atoms with Crippen LogP contribution in [0.1, 0.15) is 18.9 Å². The van der Waals surface area contributed by atoms with Gasteiger partial charge in [0.1, 0.15) is 0 Å². The van der Waals surface area contributed by atoms with Crippen LogP contribution in [-0.2, 0) is 6.42 Å². The minimum absolute atomic E-state index is 0.251. The van der Waals surface area contributed by atoms with E-state index in [0.717, 1.165) is 11.4 Å². The second kappa shape index (κ2) is 3.83. The zero-order valence-electron chi connectivity index (χ0n) is 6.95. The third-order valence-corrected chi connectivity index (χ3v) is 2.55. The lowest BCUT2D eigenvalue weighted by atomic mass is 10.0. The number of rotatable bonds is 3. The number of nitrogens with zero attached hydrogens (tertiary/aromatic N) is 1. The molecule has 3 heteroatoms. The summed E-state index contributed by atoms with van der Waals surface area (Å²) in [5.41, 5.74) is 5.87. The van der Waals surface area contributed by atoms with Crippen LogP contribution in [-0.4, -0.2) is 11.0 Å². The maximum absolute atomic E-state index is 5.87. The van der Waals surface area contributed by atoms with Crippen LogP contribution in [0.15, 0.2) is 11.6 Å². The van der Waals surface area contributed by atoms with E-state index < -0.39 is 0 Å². The normalized spacial score (nSPS) is 13.8. The first kappa shape index (κ1) is 8.68. The summed E-state index contributed by atoms with van der Waals surface area (Å²) in [6, 6.07) is 0.251. The number of hydrogen-bond acceptors (Lipinski definition) is 3. The minimum Gasteiger partial charge on any atom is -0.327 e. The van der Waals surface area contributed by atoms with E-state index in [9.17, 15) is 0 Å². The molecular formula is C8H14N2S. The summed E-state index contributed by atoms with van der Waals surface area (Å²) >= 11 is 1.68. The van der Waals surface area contributed by atoms with Crippen LogP contribution < -0.4 is 5.73 Å². The number of hydrogen-bond donors (Lipinski definition) is 1. The van der Waals surface area contributed by atoms with Crippen LogP contribution in [0.2, 0.25) is 0 Å². The monoisotopic (exact) mass is 170 g/mol. The van der Waals surface area contributed by atoms with Crippen LogP contribution in [0.5, 0.6) is 0 Å². The molecule has 0 bridgehead atoms. The Labute approximate surface area is 71.5 Å². The van der Waals surface area contributed by atoms with Crippen molar-refractivity contribution in [1.82, 2.24) is 4.98 Å². The first-order valence-corrected chi connectivity index (χ1v) is 4.72. The van der Waals surface area contributed by atoms with Crippen LogP contribution in [0.25, 0.3) is 0 Å². The molecule has 1 unspecified atom stereocenters. The summed E-state index contributed by atoms with van der Waals surface area (Å²) in [7, 11) is 0. The summed E-state index contributed by atoms with van der Waals surface area (Å²) in [6.07, 6.45) is 2.74. The van der Waals surface area contributed by atoms with Crippen molar-refractivity contribution in [2.24, 2.45) is 11.7 Å². The highest BCUT2D eigenvalue weighted by atomic mass is 32.1. The summed E-state index contributed by atoms with van der Waals surface area (Å²) in [4.78, 5) is 4.18. The van der Waals surface area contributed by atoms with Gasteiger partial charge in [0.25, 0.3) is 0 Å². The van der Waals surface area contributed by atoms with E-state index in [1.54, 1.807) is 11.3 Å². The Morgan fingerprint density at radius 3 is 2.82 bits per heavy atom. The fourth-order valence-electron chi connectivity index (χ4n) is 0.791. The van der Waals surface area contributed by atoms with Gasteiger partial charge in [-0.15, -0.1) is 11.3 Å². The molecule has 0 fully saturated rings. The van der Waals surface area contributed by atoms with Crippen molar-refractivity contribution >= 4 is 11.3 Å². The molecule has 0 aliphatic heterocycles. The van der Waals surface area contributed by atoms with E-state index in [-0.39, 0.29) is 6.04 Å². The van der Waals surface area contributed by atoms with Crippen LogP contribution in [0.3, 0.4) is 0 Å². The molecule has 1 aromatic heterocycles. The molecule has 1 atom stereocenters. The molecule has 0 aliphatic rings. The van der Waals surface area contributed by atoms with Gasteiger partial charge >= 0.3 is 0 Å². The van der Waals surface area contributed by atoms with Gasteiger partial charge in [-0.25, -0.2) is 4.98 Å². The molecule has 62 valence electrons. The molecule has 0 amide bonds. The van der Waals surface area contributed by atoms with E-state index in [1.165, 1.54) is 0 Å². The Hall–Kier alpha value is -0.410. The summed E-state index contributed by atoms with van der Waals surface area (Å²) in [6.45, 7) is 4.27. The Morgan fingerprint density at radius 2 is 2.36 bits per heavy atom. The maximum atomic E-state index is 5.87. The van der Waals surface area contributed by atoms with Gasteiger partial charge in [-0.3, -0.25) is 0 Å². The van der Waals surface area contributed by atoms with Gasteiger partial charge < -0.3 is 5.73 Å². The molecule has 1 aromatic rings. The van der Waals surface area contributed by atoms with E-state index in [4.69, 9.17) is 5.73 Å². The van der Waals surface area contributed by atoms with Crippen molar-refractivity contribution < 1.29 is 0 Å². The van der Waals surface area contributed by atoms with Crippen molar-refractivity contribution in [3.63, 3.8) is 0 Å². The number of aromatic nitrogens is 1. The summed E-state index contributed by atoms with van der Waals surface area (Å²) < 4.78 is 0. The van der Waals surface area contributed by atoms with Crippen molar-refractivity contribution in [3.05, 3.63) is 16.6 Å². The van der Waals surface area contributed by atoms with Gasteiger partial charge in [-0.2, -0.15) is 0 Å². The van der Waals surface area contributed by atoms with E-state index in [1.807, 2.05) is 11.6 Å². The summed E-state index contributed by atoms with van der Waals surface area (Å²) in [5.74, 6) is 0.541. The smallest absolute Gasteiger partial charge is 0.0940 e. The molecule has 2 nitrogen and oxygen atoms in total. The molecule has 0 aromatic carbocycles. The van der Waals surface area contributed by atoms with Crippen LogP contribution >= 0.6 is 11.3 Å². The van der Waals surface area contributed by atoms with Crippen molar-refractivity contribution in [2.75, 3.05) is 0 Å². The van der Waals surface area contributed by atoms with Crippen molar-refractivity contribution in [2.45, 2.75) is 26.3 Å². The zero-order chi connectivity index (χ0) is 8.27. The lowest BCUT2D eigenvalue weighted by molar-refractivity contribution is 0.490. The van der Waals surface area contributed by atoms with Gasteiger partial charge in [-0.05, 0) is 5.92 Å². The predicted octanol–water partition coefficient (Wildman–Crippen LogP) is 1.67. The average molecular weight is 170 g/mol. The van der Waals surface area contributed by atoms with Gasteiger partial charge in [0.15, 0.2) is 0 Å². The molecule has 0 aliphatic carbocycles. The topological polar surface area (TPSA) is 38.9 Å². The molecule has 11 heavy (non-hydrogen) atoms. The predicted molar refractivity (Wildman–Crippen MR) is 48.6 cm³/mol.